The van der Waals surface area contributed by atoms with Crippen LogP contribution < -0.4 is 25.5 Å². The number of benzene rings is 2. The molecule has 4 rings (SSSR count). The average Bonchev–Trinajstić information content (AvgIpc) is 3.19. The standard InChI is InChI=1S/C26H22F6N2O6S/c1-12(2)38-15-5-7-16(8-6-15)39-17-9-4-14(10-18(17)40-26(30,31)32)21-13(3)20-22(36)33-24(37)34(23(20)41-21)11-19(35)25(27,28)29/h4-10,12,19,35H,11H2,1-3H3,(H,33,36,37)/t19-/m1/s1. The van der Waals surface area contributed by atoms with E-state index in [2.05, 4.69) is 4.74 Å². The number of H-pyrrole nitrogens is 1. The van der Waals surface area contributed by atoms with E-state index < -0.39 is 42.2 Å². The number of hydrogen-bond donors (Lipinski definition) is 2. The van der Waals surface area contributed by atoms with Gasteiger partial charge in [-0.15, -0.1) is 24.5 Å². The Balaban J connectivity index is 1.78. The van der Waals surface area contributed by atoms with Crippen LogP contribution in [0.5, 0.6) is 23.0 Å². The van der Waals surface area contributed by atoms with Crippen LogP contribution in [0.2, 0.25) is 0 Å². The van der Waals surface area contributed by atoms with Crippen LogP contribution in [-0.2, 0) is 6.54 Å². The summed E-state index contributed by atoms with van der Waals surface area (Å²) in [6.07, 6.45) is -13.2. The molecule has 0 amide bonds. The van der Waals surface area contributed by atoms with Gasteiger partial charge in [-0.3, -0.25) is 14.3 Å². The van der Waals surface area contributed by atoms with Crippen LogP contribution >= 0.6 is 11.3 Å². The second kappa shape index (κ2) is 11.1. The Morgan fingerprint density at radius 2 is 1.61 bits per heavy atom. The van der Waals surface area contributed by atoms with Gasteiger partial charge in [-0.1, -0.05) is 0 Å². The molecule has 0 saturated heterocycles. The van der Waals surface area contributed by atoms with Crippen LogP contribution in [0.25, 0.3) is 20.7 Å². The number of hydrogen-bond acceptors (Lipinski definition) is 7. The van der Waals surface area contributed by atoms with Gasteiger partial charge in [0.1, 0.15) is 16.3 Å². The predicted molar refractivity (Wildman–Crippen MR) is 138 cm³/mol. The Labute approximate surface area is 231 Å². The molecule has 0 spiro atoms. The molecule has 0 aliphatic carbocycles. The number of nitrogens with one attached hydrogen (secondary N) is 1. The molecule has 0 fully saturated rings. The minimum absolute atomic E-state index is 0.0987. The van der Waals surface area contributed by atoms with Crippen molar-refractivity contribution in [3.63, 3.8) is 0 Å². The molecule has 4 aromatic rings. The first-order chi connectivity index (χ1) is 19.0. The number of fused-ring (bicyclic) bond motifs is 1. The molecule has 2 N–H and O–H groups in total. The summed E-state index contributed by atoms with van der Waals surface area (Å²) in [5.74, 6) is -0.331. The summed E-state index contributed by atoms with van der Waals surface area (Å²) < 4.78 is 94.7. The van der Waals surface area contributed by atoms with E-state index >= 15 is 0 Å². The van der Waals surface area contributed by atoms with Gasteiger partial charge in [0.05, 0.1) is 18.0 Å². The molecule has 1 atom stereocenters. The molecule has 0 aliphatic heterocycles. The number of rotatable bonds is 8. The quantitative estimate of drug-likeness (QED) is 0.235. The number of aromatic nitrogens is 2. The second-order valence-corrected chi connectivity index (χ2v) is 10.1. The van der Waals surface area contributed by atoms with E-state index in [1.54, 1.807) is 12.1 Å². The molecule has 0 unspecified atom stereocenters. The minimum atomic E-state index is -5.10. The van der Waals surface area contributed by atoms with E-state index in [9.17, 15) is 41.0 Å². The molecular weight excluding hydrogens is 582 g/mol. The van der Waals surface area contributed by atoms with Crippen LogP contribution in [-0.4, -0.2) is 39.4 Å². The largest absolute Gasteiger partial charge is 0.573 e. The molecular formula is C26H22F6N2O6S. The van der Waals surface area contributed by atoms with Gasteiger partial charge < -0.3 is 19.3 Å². The summed E-state index contributed by atoms with van der Waals surface area (Å²) in [4.78, 5) is 26.8. The van der Waals surface area contributed by atoms with Crippen LogP contribution in [0, 0.1) is 6.92 Å². The van der Waals surface area contributed by atoms with Gasteiger partial charge >= 0.3 is 18.2 Å². The van der Waals surface area contributed by atoms with Gasteiger partial charge in [-0.05, 0) is 74.4 Å². The van der Waals surface area contributed by atoms with Crippen LogP contribution in [0.3, 0.4) is 0 Å². The Kier molecular flexibility index (Phi) is 8.14. The number of aryl methyl sites for hydroxylation is 1. The normalized spacial score (nSPS) is 13.0. The molecule has 0 aliphatic rings. The SMILES string of the molecule is Cc1c(-c2ccc(Oc3ccc(OC(C)C)cc3)c(OC(F)(F)F)c2)sc2c1c(=O)[nH]c(=O)n2C[C@@H](O)C(F)(F)F. The third kappa shape index (κ3) is 6.85. The fourth-order valence-corrected chi connectivity index (χ4v) is 5.22. The van der Waals surface area contributed by atoms with Gasteiger partial charge in [-0.25, -0.2) is 4.79 Å². The van der Waals surface area contributed by atoms with Crippen molar-refractivity contribution in [2.24, 2.45) is 0 Å². The van der Waals surface area contributed by atoms with Crippen molar-refractivity contribution >= 4 is 21.6 Å². The summed E-state index contributed by atoms with van der Waals surface area (Å²) in [5.41, 5.74) is -1.80. The van der Waals surface area contributed by atoms with Gasteiger partial charge in [0.25, 0.3) is 5.56 Å². The number of thiophene rings is 1. The molecule has 2 heterocycles. The van der Waals surface area contributed by atoms with Crippen molar-refractivity contribution in [3.8, 4) is 33.4 Å². The van der Waals surface area contributed by atoms with E-state index in [0.29, 0.717) is 21.7 Å². The predicted octanol–water partition coefficient (Wildman–Crippen LogP) is 6.13. The first-order valence-corrected chi connectivity index (χ1v) is 12.7. The molecule has 0 saturated carbocycles. The van der Waals surface area contributed by atoms with E-state index in [1.165, 1.54) is 31.2 Å². The Hall–Kier alpha value is -3.98. The highest BCUT2D eigenvalue weighted by Crippen LogP contribution is 2.42. The summed E-state index contributed by atoms with van der Waals surface area (Å²) in [6, 6.07) is 9.68. The van der Waals surface area contributed by atoms with Gasteiger partial charge in [0.2, 0.25) is 0 Å². The highest BCUT2D eigenvalue weighted by molar-refractivity contribution is 7.22. The first kappa shape index (κ1) is 30.0. The fourth-order valence-electron chi connectivity index (χ4n) is 3.92. The molecule has 15 heteroatoms. The summed E-state index contributed by atoms with van der Waals surface area (Å²) in [6.45, 7) is 3.87. The van der Waals surface area contributed by atoms with Gasteiger partial charge in [0, 0.05) is 4.88 Å². The summed E-state index contributed by atoms with van der Waals surface area (Å²) in [7, 11) is 0. The molecule has 2 aromatic heterocycles. The Bertz CT molecular complexity index is 1670. The smallest absolute Gasteiger partial charge is 0.491 e. The first-order valence-electron chi connectivity index (χ1n) is 11.9. The van der Waals surface area contributed by atoms with Crippen molar-refractivity contribution in [1.82, 2.24) is 9.55 Å². The van der Waals surface area contributed by atoms with Crippen molar-refractivity contribution in [2.75, 3.05) is 0 Å². The number of aliphatic hydroxyl groups is 1. The van der Waals surface area contributed by atoms with Gasteiger partial charge in [-0.2, -0.15) is 13.2 Å². The van der Waals surface area contributed by atoms with E-state index in [0.717, 1.165) is 6.07 Å². The van der Waals surface area contributed by atoms with Crippen molar-refractivity contribution in [3.05, 3.63) is 68.9 Å². The number of ether oxygens (including phenoxy) is 3. The zero-order valence-corrected chi connectivity index (χ0v) is 22.3. The molecule has 0 bridgehead atoms. The molecule has 8 nitrogen and oxygen atoms in total. The highest BCUT2D eigenvalue weighted by atomic mass is 32.1. The lowest BCUT2D eigenvalue weighted by molar-refractivity contribution is -0.275. The third-order valence-corrected chi connectivity index (χ3v) is 7.02. The van der Waals surface area contributed by atoms with E-state index in [-0.39, 0.29) is 43.8 Å². The Morgan fingerprint density at radius 1 is 0.976 bits per heavy atom. The zero-order chi connectivity index (χ0) is 30.3. The van der Waals surface area contributed by atoms with Crippen LogP contribution in [0.1, 0.15) is 19.4 Å². The number of nitrogens with zero attached hydrogens (tertiary/aromatic N) is 1. The van der Waals surface area contributed by atoms with Crippen molar-refractivity contribution < 1.29 is 45.7 Å². The lowest BCUT2D eigenvalue weighted by Gasteiger charge is -2.16. The summed E-state index contributed by atoms with van der Waals surface area (Å²) in [5, 5.41) is 9.37. The molecule has 41 heavy (non-hydrogen) atoms. The zero-order valence-electron chi connectivity index (χ0n) is 21.5. The van der Waals surface area contributed by atoms with Crippen LogP contribution in [0.15, 0.2) is 52.1 Å². The molecule has 2 aromatic carbocycles. The number of aliphatic hydroxyl groups excluding tert-OH is 1. The average molecular weight is 605 g/mol. The maximum Gasteiger partial charge on any atom is 0.573 e. The number of halogens is 6. The van der Waals surface area contributed by atoms with Crippen molar-refractivity contribution in [2.45, 2.75) is 52.1 Å². The maximum absolute atomic E-state index is 13.3. The molecule has 0 radical (unpaired) electrons. The third-order valence-electron chi connectivity index (χ3n) is 5.65. The van der Waals surface area contributed by atoms with Crippen molar-refractivity contribution in [1.29, 1.82) is 0 Å². The lowest BCUT2D eigenvalue weighted by atomic mass is 10.1. The van der Waals surface area contributed by atoms with Crippen LogP contribution in [0.4, 0.5) is 26.3 Å². The topological polar surface area (TPSA) is 103 Å². The highest BCUT2D eigenvalue weighted by Gasteiger charge is 2.39. The second-order valence-electron chi connectivity index (χ2n) is 9.11. The van der Waals surface area contributed by atoms with E-state index in [4.69, 9.17) is 9.47 Å². The minimum Gasteiger partial charge on any atom is -0.491 e. The number of alkyl halides is 6. The molecule has 220 valence electrons. The Morgan fingerprint density at radius 3 is 2.20 bits per heavy atom. The monoisotopic (exact) mass is 604 g/mol. The van der Waals surface area contributed by atoms with Gasteiger partial charge in [0.15, 0.2) is 17.6 Å². The summed E-state index contributed by atoms with van der Waals surface area (Å²) >= 11 is 0.700. The number of aromatic amines is 1. The maximum atomic E-state index is 13.3. The fraction of sp³-hybridized carbons (Fsp3) is 0.308. The van der Waals surface area contributed by atoms with E-state index in [1.807, 2.05) is 18.8 Å². The lowest BCUT2D eigenvalue weighted by Crippen LogP contribution is -2.38.